The van der Waals surface area contributed by atoms with Crippen LogP contribution in [-0.2, 0) is 19.7 Å². The molecule has 4 rings (SSSR count). The highest BCUT2D eigenvalue weighted by Crippen LogP contribution is 2.55. The summed E-state index contributed by atoms with van der Waals surface area (Å²) in [7, 11) is 1.43. The molecule has 1 aliphatic carbocycles. The highest BCUT2D eigenvalue weighted by molar-refractivity contribution is 5.71. The molecule has 5 nitrogen and oxygen atoms in total. The third-order valence-electron chi connectivity index (χ3n) is 5.65. The smallest absolute Gasteiger partial charge is 0.308 e. The van der Waals surface area contributed by atoms with Gasteiger partial charge < -0.3 is 15.2 Å². The number of nitrogen functional groups attached to an aromatic ring is 1. The molecule has 2 unspecified atom stereocenters. The molecule has 0 spiro atoms. The third-order valence-corrected chi connectivity index (χ3v) is 5.65. The van der Waals surface area contributed by atoms with E-state index >= 15 is 0 Å². The number of fused-ring (bicyclic) bond motifs is 2. The van der Waals surface area contributed by atoms with Gasteiger partial charge in [-0.2, -0.15) is 0 Å². The van der Waals surface area contributed by atoms with Crippen molar-refractivity contribution in [1.82, 2.24) is 4.98 Å². The van der Waals surface area contributed by atoms with Crippen LogP contribution in [-0.4, -0.2) is 30.3 Å². The maximum Gasteiger partial charge on any atom is 0.308 e. The fourth-order valence-electron chi connectivity index (χ4n) is 4.24. The van der Waals surface area contributed by atoms with Crippen molar-refractivity contribution in [3.05, 3.63) is 48.2 Å². The van der Waals surface area contributed by atoms with Crippen LogP contribution in [0.15, 0.2) is 42.6 Å². The number of esters is 1. The summed E-state index contributed by atoms with van der Waals surface area (Å²) in [6.07, 6.45) is 4.85. The van der Waals surface area contributed by atoms with Crippen molar-refractivity contribution in [2.75, 3.05) is 19.5 Å². The normalized spacial score (nSPS) is 27.4. The van der Waals surface area contributed by atoms with Gasteiger partial charge in [-0.25, -0.2) is 0 Å². The van der Waals surface area contributed by atoms with Crippen LogP contribution in [0.3, 0.4) is 0 Å². The number of aromatic nitrogens is 1. The Kier molecular flexibility index (Phi) is 3.76. The van der Waals surface area contributed by atoms with Gasteiger partial charge in [-0.05, 0) is 37.0 Å². The molecule has 25 heavy (non-hydrogen) atoms. The number of benzene rings is 1. The van der Waals surface area contributed by atoms with Crippen molar-refractivity contribution >= 4 is 11.7 Å². The molecular formula is C20H22N2O3. The minimum absolute atomic E-state index is 0.0150. The Labute approximate surface area is 147 Å². The van der Waals surface area contributed by atoms with Crippen molar-refractivity contribution in [1.29, 1.82) is 0 Å². The molecule has 130 valence electrons. The van der Waals surface area contributed by atoms with Crippen molar-refractivity contribution in [2.24, 2.45) is 0 Å². The first-order valence-corrected chi connectivity index (χ1v) is 8.58. The van der Waals surface area contributed by atoms with Crippen molar-refractivity contribution in [2.45, 2.75) is 36.7 Å². The summed E-state index contributed by atoms with van der Waals surface area (Å²) in [5.41, 5.74) is 9.28. The van der Waals surface area contributed by atoms with Crippen LogP contribution in [0.25, 0.3) is 11.3 Å². The minimum atomic E-state index is -0.343. The van der Waals surface area contributed by atoms with E-state index in [9.17, 15) is 4.79 Å². The molecule has 5 heteroatoms. The van der Waals surface area contributed by atoms with Gasteiger partial charge in [0.1, 0.15) is 0 Å². The minimum Gasteiger partial charge on any atom is -0.469 e. The number of anilines is 1. The van der Waals surface area contributed by atoms with E-state index in [0.29, 0.717) is 18.7 Å². The third kappa shape index (κ3) is 2.78. The number of nitrogens with zero attached hydrogens (tertiary/aromatic N) is 1. The summed E-state index contributed by atoms with van der Waals surface area (Å²) in [5, 5.41) is 0. The van der Waals surface area contributed by atoms with Gasteiger partial charge in [0.2, 0.25) is 0 Å². The Morgan fingerprint density at radius 2 is 2.04 bits per heavy atom. The molecule has 1 aromatic carbocycles. The number of hydrogen-bond acceptors (Lipinski definition) is 5. The number of ether oxygens (including phenoxy) is 2. The van der Waals surface area contributed by atoms with E-state index in [0.717, 1.165) is 30.5 Å². The largest absolute Gasteiger partial charge is 0.469 e. The number of carbonyl (C=O) groups excluding carboxylic acids is 1. The summed E-state index contributed by atoms with van der Waals surface area (Å²) >= 11 is 0. The van der Waals surface area contributed by atoms with Gasteiger partial charge in [0.05, 0.1) is 43.3 Å². The number of rotatable bonds is 4. The number of methoxy groups -OCH3 is 1. The summed E-state index contributed by atoms with van der Waals surface area (Å²) in [6, 6.07) is 12.3. The predicted molar refractivity (Wildman–Crippen MR) is 94.9 cm³/mol. The number of carbonyl (C=O) groups is 1. The van der Waals surface area contributed by atoms with Crippen molar-refractivity contribution < 1.29 is 14.3 Å². The van der Waals surface area contributed by atoms with Crippen molar-refractivity contribution in [3.8, 4) is 11.3 Å². The van der Waals surface area contributed by atoms with E-state index in [1.807, 2.05) is 12.1 Å². The van der Waals surface area contributed by atoms with Crippen LogP contribution in [0.4, 0.5) is 5.69 Å². The molecule has 2 bridgehead atoms. The Balaban J connectivity index is 1.55. The Morgan fingerprint density at radius 3 is 2.64 bits per heavy atom. The quantitative estimate of drug-likeness (QED) is 0.867. The maximum absolute atomic E-state index is 11.7. The lowest BCUT2D eigenvalue weighted by Crippen LogP contribution is -2.30. The molecule has 2 fully saturated rings. The summed E-state index contributed by atoms with van der Waals surface area (Å²) in [5.74, 6) is -0.192. The summed E-state index contributed by atoms with van der Waals surface area (Å²) < 4.78 is 10.9. The first kappa shape index (κ1) is 16.1. The van der Waals surface area contributed by atoms with Gasteiger partial charge in [-0.3, -0.25) is 9.78 Å². The van der Waals surface area contributed by atoms with Crippen LogP contribution >= 0.6 is 0 Å². The second-order valence-electron chi connectivity index (χ2n) is 7.24. The zero-order valence-electron chi connectivity index (χ0n) is 14.3. The van der Waals surface area contributed by atoms with Crippen LogP contribution < -0.4 is 5.73 Å². The Bertz CT molecular complexity index is 776. The van der Waals surface area contributed by atoms with Gasteiger partial charge in [-0.1, -0.05) is 24.3 Å². The topological polar surface area (TPSA) is 74.4 Å². The lowest BCUT2D eigenvalue weighted by molar-refractivity contribution is -0.147. The van der Waals surface area contributed by atoms with Crippen LogP contribution in [0, 0.1) is 0 Å². The first-order chi connectivity index (χ1) is 12.0. The summed E-state index contributed by atoms with van der Waals surface area (Å²) in [6.45, 7) is 0.670. The molecule has 2 aliphatic rings. The van der Waals surface area contributed by atoms with E-state index < -0.39 is 0 Å². The second-order valence-corrected chi connectivity index (χ2v) is 7.24. The highest BCUT2D eigenvalue weighted by atomic mass is 16.5. The molecular weight excluding hydrogens is 316 g/mol. The van der Waals surface area contributed by atoms with Gasteiger partial charge in [0.15, 0.2) is 0 Å². The van der Waals surface area contributed by atoms with E-state index in [4.69, 9.17) is 15.2 Å². The SMILES string of the molecule is COC(=O)CC12CCC(c3ccc(-c4ccc(N)cn4)cc3)(CO1)C2. The van der Waals surface area contributed by atoms with E-state index in [1.165, 1.54) is 12.7 Å². The van der Waals surface area contributed by atoms with Crippen LogP contribution in [0.2, 0.25) is 0 Å². The molecule has 1 saturated carbocycles. The van der Waals surface area contributed by atoms with Gasteiger partial charge in [0, 0.05) is 11.0 Å². The molecule has 0 radical (unpaired) electrons. The van der Waals surface area contributed by atoms with E-state index in [-0.39, 0.29) is 17.0 Å². The molecule has 2 aromatic rings. The number of pyridine rings is 1. The van der Waals surface area contributed by atoms with Gasteiger partial charge >= 0.3 is 5.97 Å². The lowest BCUT2D eigenvalue weighted by Gasteiger charge is -2.28. The van der Waals surface area contributed by atoms with Crippen LogP contribution in [0.5, 0.6) is 0 Å². The Morgan fingerprint density at radius 1 is 1.24 bits per heavy atom. The van der Waals surface area contributed by atoms with Gasteiger partial charge in [0.25, 0.3) is 0 Å². The van der Waals surface area contributed by atoms with E-state index in [1.54, 1.807) is 6.20 Å². The average Bonchev–Trinajstić information content (AvgIpc) is 3.19. The molecule has 0 amide bonds. The maximum atomic E-state index is 11.7. The zero-order chi connectivity index (χ0) is 17.5. The molecule has 1 aromatic heterocycles. The molecule has 1 aliphatic heterocycles. The van der Waals surface area contributed by atoms with E-state index in [2.05, 4.69) is 29.2 Å². The molecule has 1 saturated heterocycles. The fraction of sp³-hybridized carbons (Fsp3) is 0.400. The number of hydrogen-bond donors (Lipinski definition) is 1. The predicted octanol–water partition coefficient (Wildman–Crippen LogP) is 3.08. The van der Waals surface area contributed by atoms with Crippen LogP contribution in [0.1, 0.15) is 31.2 Å². The number of nitrogens with two attached hydrogens (primary N) is 1. The highest BCUT2D eigenvalue weighted by Gasteiger charge is 2.57. The monoisotopic (exact) mass is 338 g/mol. The molecule has 2 heterocycles. The standard InChI is InChI=1S/C20H22N2O3/c1-24-18(23)10-20-9-8-19(12-20,13-25-20)15-4-2-14(3-5-15)17-7-6-16(21)11-22-17/h2-7,11H,8-10,12-13,21H2,1H3. The first-order valence-electron chi connectivity index (χ1n) is 8.58. The zero-order valence-corrected chi connectivity index (χ0v) is 14.3. The fourth-order valence-corrected chi connectivity index (χ4v) is 4.24. The van der Waals surface area contributed by atoms with Crippen molar-refractivity contribution in [3.63, 3.8) is 0 Å². The van der Waals surface area contributed by atoms with Gasteiger partial charge in [-0.15, -0.1) is 0 Å². The molecule has 2 N–H and O–H groups in total. The lowest BCUT2D eigenvalue weighted by atomic mass is 9.79. The summed E-state index contributed by atoms with van der Waals surface area (Å²) in [4.78, 5) is 16.1. The Hall–Kier alpha value is -2.40. The average molecular weight is 338 g/mol. The molecule has 2 atom stereocenters. The second kappa shape index (κ2) is 5.85.